The molecule has 2 aromatic rings. The maximum atomic E-state index is 13.0. The Labute approximate surface area is 187 Å². The van der Waals surface area contributed by atoms with Crippen LogP contribution in [0.1, 0.15) is 31.0 Å². The molecule has 9 nitrogen and oxygen atoms in total. The molecule has 2 heterocycles. The van der Waals surface area contributed by atoms with Crippen LogP contribution in [-0.4, -0.2) is 48.7 Å². The topological polar surface area (TPSA) is 113 Å². The Morgan fingerprint density at radius 2 is 1.97 bits per heavy atom. The van der Waals surface area contributed by atoms with Gasteiger partial charge in [-0.25, -0.2) is 9.78 Å². The molecule has 12 heteroatoms. The number of aliphatic hydroxyl groups is 1. The molecule has 1 aliphatic rings. The number of carbonyl (C=O) groups is 2. The van der Waals surface area contributed by atoms with E-state index in [0.717, 1.165) is 17.0 Å². The molecular formula is C21H23F3N4O5. The molecule has 0 saturated carbocycles. The second-order valence-electron chi connectivity index (χ2n) is 7.86. The van der Waals surface area contributed by atoms with E-state index >= 15 is 0 Å². The number of urea groups is 1. The van der Waals surface area contributed by atoms with Gasteiger partial charge in [-0.05, 0) is 37.6 Å². The van der Waals surface area contributed by atoms with Crippen molar-refractivity contribution in [2.45, 2.75) is 31.9 Å². The molecule has 1 unspecified atom stereocenters. The zero-order chi connectivity index (χ0) is 24.4. The van der Waals surface area contributed by atoms with Crippen molar-refractivity contribution < 1.29 is 37.3 Å². The summed E-state index contributed by atoms with van der Waals surface area (Å²) in [4.78, 5) is 30.6. The van der Waals surface area contributed by atoms with Gasteiger partial charge in [0.05, 0.1) is 23.9 Å². The lowest BCUT2D eigenvalue weighted by Crippen LogP contribution is -2.49. The first-order chi connectivity index (χ1) is 15.4. The van der Waals surface area contributed by atoms with Crippen LogP contribution in [-0.2, 0) is 15.1 Å². The van der Waals surface area contributed by atoms with Crippen LogP contribution < -0.4 is 20.3 Å². The molecule has 0 aliphatic carbocycles. The van der Waals surface area contributed by atoms with E-state index in [0.29, 0.717) is 11.1 Å². The summed E-state index contributed by atoms with van der Waals surface area (Å²) in [5.74, 6) is -0.670. The van der Waals surface area contributed by atoms with Gasteiger partial charge in [0, 0.05) is 18.9 Å². The average molecular weight is 468 g/mol. The molecule has 178 valence electrons. The zero-order valence-corrected chi connectivity index (χ0v) is 18.1. The Morgan fingerprint density at radius 1 is 1.30 bits per heavy atom. The van der Waals surface area contributed by atoms with E-state index in [1.165, 1.54) is 31.5 Å². The summed E-state index contributed by atoms with van der Waals surface area (Å²) in [7, 11) is 1.41. The largest absolute Gasteiger partial charge is 0.573 e. The monoisotopic (exact) mass is 468 g/mol. The maximum Gasteiger partial charge on any atom is 0.573 e. The highest BCUT2D eigenvalue weighted by molar-refractivity contribution is 6.08. The summed E-state index contributed by atoms with van der Waals surface area (Å²) in [5, 5.41) is 15.5. The molecule has 1 aliphatic heterocycles. The molecule has 3 N–H and O–H groups in total. The van der Waals surface area contributed by atoms with Crippen LogP contribution in [0.4, 0.5) is 29.5 Å². The highest BCUT2D eigenvalue weighted by Gasteiger charge is 2.32. The van der Waals surface area contributed by atoms with E-state index in [4.69, 9.17) is 4.74 Å². The minimum absolute atomic E-state index is 0.0170. The first kappa shape index (κ1) is 24.3. The lowest BCUT2D eigenvalue weighted by Gasteiger charge is -2.31. The van der Waals surface area contributed by atoms with Gasteiger partial charge in [-0.15, -0.1) is 13.2 Å². The summed E-state index contributed by atoms with van der Waals surface area (Å²) in [6, 6.07) is 5.14. The smallest absolute Gasteiger partial charge is 0.406 e. The molecule has 0 saturated heterocycles. The van der Waals surface area contributed by atoms with Crippen molar-refractivity contribution in [1.82, 2.24) is 10.3 Å². The molecule has 0 bridgehead atoms. The molecule has 1 atom stereocenters. The second kappa shape index (κ2) is 9.24. The number of methoxy groups -OCH3 is 1. The van der Waals surface area contributed by atoms with Gasteiger partial charge in [-0.2, -0.15) is 0 Å². The number of amides is 3. The van der Waals surface area contributed by atoms with E-state index in [1.807, 2.05) is 0 Å². The predicted molar refractivity (Wildman–Crippen MR) is 112 cm³/mol. The van der Waals surface area contributed by atoms with Crippen molar-refractivity contribution in [3.05, 3.63) is 47.7 Å². The summed E-state index contributed by atoms with van der Waals surface area (Å²) in [6.45, 7) is 2.84. The van der Waals surface area contributed by atoms with Crippen LogP contribution >= 0.6 is 0 Å². The van der Waals surface area contributed by atoms with Crippen molar-refractivity contribution in [1.29, 1.82) is 0 Å². The highest BCUT2D eigenvalue weighted by Crippen LogP contribution is 2.32. The fraction of sp³-hybridized carbons (Fsp3) is 0.381. The van der Waals surface area contributed by atoms with Gasteiger partial charge in [-0.3, -0.25) is 9.69 Å². The summed E-state index contributed by atoms with van der Waals surface area (Å²) in [5.41, 5.74) is -0.0324. The normalized spacial score (nSPS) is 14.9. The predicted octanol–water partition coefficient (Wildman–Crippen LogP) is 3.06. The number of fused-ring (bicyclic) bond motifs is 1. The van der Waals surface area contributed by atoms with Crippen LogP contribution in [0.25, 0.3) is 0 Å². The van der Waals surface area contributed by atoms with E-state index in [1.54, 1.807) is 13.8 Å². The lowest BCUT2D eigenvalue weighted by molar-refractivity contribution is -0.274. The van der Waals surface area contributed by atoms with Gasteiger partial charge >= 0.3 is 12.4 Å². The SMILES string of the molecule is COCC(NC(=O)N1CC(=O)Nc2cc(C(C)(C)O)cnc21)c1ccc(OC(F)(F)F)cc1. The minimum Gasteiger partial charge on any atom is -0.406 e. The molecule has 1 aromatic heterocycles. The summed E-state index contributed by atoms with van der Waals surface area (Å²) >= 11 is 0. The van der Waals surface area contributed by atoms with Crippen LogP contribution in [0, 0.1) is 0 Å². The second-order valence-corrected chi connectivity index (χ2v) is 7.86. The number of halogens is 3. The molecule has 33 heavy (non-hydrogen) atoms. The van der Waals surface area contributed by atoms with Gasteiger partial charge in [0.1, 0.15) is 12.3 Å². The molecule has 3 rings (SSSR count). The Balaban J connectivity index is 1.82. The van der Waals surface area contributed by atoms with Gasteiger partial charge < -0.3 is 25.2 Å². The number of hydrogen-bond donors (Lipinski definition) is 3. The number of aromatic nitrogens is 1. The molecule has 3 amide bonds. The zero-order valence-electron chi connectivity index (χ0n) is 18.1. The Hall–Kier alpha value is -3.38. The fourth-order valence-corrected chi connectivity index (χ4v) is 3.19. The maximum absolute atomic E-state index is 13.0. The number of alkyl halides is 3. The quantitative estimate of drug-likeness (QED) is 0.601. The molecule has 0 spiro atoms. The number of anilines is 2. The standard InChI is InChI=1S/C21H23F3N4O5/c1-20(2,31)13-8-15-18(25-9-13)28(10-17(29)26-15)19(30)27-16(11-32-3)12-4-6-14(7-5-12)33-21(22,23)24/h4-9,16,31H,10-11H2,1-3H3,(H,26,29)(H,27,30). The van der Waals surface area contributed by atoms with Crippen molar-refractivity contribution in [2.24, 2.45) is 0 Å². The lowest BCUT2D eigenvalue weighted by atomic mass is 10.00. The van der Waals surface area contributed by atoms with Crippen LogP contribution in [0.15, 0.2) is 36.5 Å². The first-order valence-corrected chi connectivity index (χ1v) is 9.83. The third kappa shape index (κ3) is 6.11. The van der Waals surface area contributed by atoms with Gasteiger partial charge in [0.15, 0.2) is 5.82 Å². The fourth-order valence-electron chi connectivity index (χ4n) is 3.19. The first-order valence-electron chi connectivity index (χ1n) is 9.83. The van der Waals surface area contributed by atoms with E-state index in [2.05, 4.69) is 20.4 Å². The Morgan fingerprint density at radius 3 is 2.55 bits per heavy atom. The van der Waals surface area contributed by atoms with E-state index in [-0.39, 0.29) is 24.7 Å². The van der Waals surface area contributed by atoms with E-state index in [9.17, 15) is 27.9 Å². The Kier molecular flexibility index (Phi) is 6.79. The summed E-state index contributed by atoms with van der Waals surface area (Å²) in [6.07, 6.45) is -3.41. The molecule has 1 aromatic carbocycles. The number of ether oxygens (including phenoxy) is 2. The third-order valence-corrected chi connectivity index (χ3v) is 4.80. The van der Waals surface area contributed by atoms with Gasteiger partial charge in [0.2, 0.25) is 5.91 Å². The number of rotatable bonds is 6. The van der Waals surface area contributed by atoms with E-state index < -0.39 is 35.7 Å². The summed E-state index contributed by atoms with van der Waals surface area (Å²) < 4.78 is 46.1. The highest BCUT2D eigenvalue weighted by atomic mass is 19.4. The number of carbonyl (C=O) groups excluding carboxylic acids is 2. The van der Waals surface area contributed by atoms with Crippen molar-refractivity contribution in [3.63, 3.8) is 0 Å². The number of nitrogens with one attached hydrogen (secondary N) is 2. The number of benzene rings is 1. The number of hydrogen-bond acceptors (Lipinski definition) is 6. The van der Waals surface area contributed by atoms with Crippen LogP contribution in [0.2, 0.25) is 0 Å². The van der Waals surface area contributed by atoms with Gasteiger partial charge in [0.25, 0.3) is 0 Å². The van der Waals surface area contributed by atoms with Crippen molar-refractivity contribution in [2.75, 3.05) is 30.5 Å². The Bertz CT molecular complexity index is 1020. The van der Waals surface area contributed by atoms with Crippen molar-refractivity contribution in [3.8, 4) is 5.75 Å². The van der Waals surface area contributed by atoms with Crippen LogP contribution in [0.3, 0.4) is 0 Å². The minimum atomic E-state index is -4.82. The molecule has 0 radical (unpaired) electrons. The number of nitrogens with zero attached hydrogens (tertiary/aromatic N) is 2. The van der Waals surface area contributed by atoms with Crippen molar-refractivity contribution >= 4 is 23.4 Å². The average Bonchev–Trinajstić information content (AvgIpc) is 2.71. The van der Waals surface area contributed by atoms with Gasteiger partial charge in [-0.1, -0.05) is 12.1 Å². The molecule has 0 fully saturated rings. The third-order valence-electron chi connectivity index (χ3n) is 4.80. The number of pyridine rings is 1. The van der Waals surface area contributed by atoms with Crippen LogP contribution in [0.5, 0.6) is 5.75 Å². The molecular weight excluding hydrogens is 445 g/mol.